The quantitative estimate of drug-likeness (QED) is 0.516. The van der Waals surface area contributed by atoms with E-state index >= 15 is 0 Å². The van der Waals surface area contributed by atoms with Crippen molar-refractivity contribution < 1.29 is 10.2 Å². The Balaban J connectivity index is 2.08. The number of rotatable bonds is 7. The smallest absolute Gasteiger partial charge is 0.119 e. The van der Waals surface area contributed by atoms with Crippen molar-refractivity contribution in [3.8, 4) is 11.5 Å². The molecule has 0 aliphatic heterocycles. The lowest BCUT2D eigenvalue weighted by Crippen LogP contribution is -2.33. The molecule has 2 rings (SSSR count). The summed E-state index contributed by atoms with van der Waals surface area (Å²) in [6.45, 7) is 15.1. The Bertz CT molecular complexity index is 843. The van der Waals surface area contributed by atoms with Crippen molar-refractivity contribution in [2.45, 2.75) is 84.6 Å². The molecule has 166 valence electrons. The van der Waals surface area contributed by atoms with Crippen LogP contribution in [0.1, 0.15) is 77.1 Å². The third-order valence-electron chi connectivity index (χ3n) is 6.10. The number of nitrogens with one attached hydrogen (secondary N) is 1. The average molecular weight is 412 g/mol. The molecule has 0 radical (unpaired) electrons. The first-order chi connectivity index (χ1) is 13.8. The lowest BCUT2D eigenvalue weighted by molar-refractivity contribution is 0.374. The van der Waals surface area contributed by atoms with Crippen molar-refractivity contribution in [3.63, 3.8) is 0 Å². The molecule has 0 amide bonds. The van der Waals surface area contributed by atoms with Crippen LogP contribution in [-0.2, 0) is 23.7 Å². The van der Waals surface area contributed by atoms with Crippen LogP contribution >= 0.6 is 0 Å². The molecular formula is C27H41NO2. The van der Waals surface area contributed by atoms with Crippen LogP contribution in [0.25, 0.3) is 0 Å². The normalized spacial score (nSPS) is 14.5. The molecule has 2 aromatic carbocycles. The van der Waals surface area contributed by atoms with E-state index in [9.17, 15) is 10.2 Å². The molecule has 0 aromatic heterocycles. The number of benzene rings is 2. The molecule has 3 nitrogen and oxygen atoms in total. The van der Waals surface area contributed by atoms with Crippen LogP contribution in [-0.4, -0.2) is 23.3 Å². The molecule has 0 spiro atoms. The molecule has 0 aliphatic carbocycles. The van der Waals surface area contributed by atoms with Gasteiger partial charge in [-0.2, -0.15) is 0 Å². The molecule has 3 heteroatoms. The topological polar surface area (TPSA) is 52.5 Å². The van der Waals surface area contributed by atoms with Gasteiger partial charge in [0.05, 0.1) is 0 Å². The van der Waals surface area contributed by atoms with E-state index in [1.165, 1.54) is 11.1 Å². The molecule has 0 saturated carbocycles. The zero-order chi connectivity index (χ0) is 22.7. The highest BCUT2D eigenvalue weighted by atomic mass is 16.3. The fraction of sp³-hybridized carbons (Fsp3) is 0.556. The van der Waals surface area contributed by atoms with E-state index in [2.05, 4.69) is 65.9 Å². The summed E-state index contributed by atoms with van der Waals surface area (Å²) in [6, 6.07) is 12.5. The molecular weight excluding hydrogens is 370 g/mol. The van der Waals surface area contributed by atoms with E-state index in [1.54, 1.807) is 0 Å². The molecule has 30 heavy (non-hydrogen) atoms. The number of aryl methyl sites for hydroxylation is 1. The maximum atomic E-state index is 10.2. The fourth-order valence-corrected chi connectivity index (χ4v) is 4.20. The summed E-state index contributed by atoms with van der Waals surface area (Å²) >= 11 is 0. The minimum Gasteiger partial charge on any atom is -0.508 e. The van der Waals surface area contributed by atoms with Gasteiger partial charge >= 0.3 is 0 Å². The van der Waals surface area contributed by atoms with Crippen molar-refractivity contribution in [3.05, 3.63) is 58.7 Å². The Kier molecular flexibility index (Phi) is 7.63. The minimum atomic E-state index is -0.0740. The minimum absolute atomic E-state index is 0.0700. The lowest BCUT2D eigenvalue weighted by atomic mass is 9.83. The Hall–Kier alpha value is -2.00. The Labute approximate surface area is 183 Å². The van der Waals surface area contributed by atoms with Gasteiger partial charge in [-0.05, 0) is 77.4 Å². The molecule has 3 N–H and O–H groups in total. The first-order valence-corrected chi connectivity index (χ1v) is 11.1. The fourth-order valence-electron chi connectivity index (χ4n) is 4.20. The zero-order valence-corrected chi connectivity index (χ0v) is 20.1. The van der Waals surface area contributed by atoms with Gasteiger partial charge < -0.3 is 15.5 Å². The van der Waals surface area contributed by atoms with E-state index in [0.717, 1.165) is 30.4 Å². The molecule has 2 unspecified atom stereocenters. The Morgan fingerprint density at radius 1 is 0.800 bits per heavy atom. The van der Waals surface area contributed by atoms with Gasteiger partial charge in [0, 0.05) is 6.04 Å². The number of phenolic OH excluding ortho intramolecular Hbond substituents is 2. The summed E-state index contributed by atoms with van der Waals surface area (Å²) in [4.78, 5) is 0. The predicted molar refractivity (Wildman–Crippen MR) is 128 cm³/mol. The Morgan fingerprint density at radius 3 is 1.73 bits per heavy atom. The van der Waals surface area contributed by atoms with Crippen molar-refractivity contribution in [1.29, 1.82) is 0 Å². The highest BCUT2D eigenvalue weighted by Crippen LogP contribution is 2.33. The standard InChI is InChI=1S/C27H41NO2/c1-18(15-20-11-14-25(30)22(17-20)27(5,6)7)23(28-8)12-9-19-10-13-24(29)21(16-19)26(2,3)4/h10-11,13-14,16-18,23,28-30H,9,12,15H2,1-8H3. The SMILES string of the molecule is CNC(CCc1ccc(O)c(C(C)(C)C)c1)C(C)Cc1ccc(O)c(C(C)(C)C)c1. The van der Waals surface area contributed by atoms with Crippen LogP contribution in [0.15, 0.2) is 36.4 Å². The molecule has 0 heterocycles. The second-order valence-corrected chi connectivity index (χ2v) is 10.8. The highest BCUT2D eigenvalue weighted by molar-refractivity contribution is 5.41. The zero-order valence-electron chi connectivity index (χ0n) is 20.1. The van der Waals surface area contributed by atoms with Crippen molar-refractivity contribution in [2.24, 2.45) is 5.92 Å². The summed E-state index contributed by atoms with van der Waals surface area (Å²) in [5.41, 5.74) is 4.41. The summed E-state index contributed by atoms with van der Waals surface area (Å²) in [5, 5.41) is 24.0. The number of phenols is 2. The molecule has 0 saturated heterocycles. The van der Waals surface area contributed by atoms with Gasteiger partial charge in [-0.25, -0.2) is 0 Å². The van der Waals surface area contributed by atoms with Crippen molar-refractivity contribution >= 4 is 0 Å². The van der Waals surface area contributed by atoms with Crippen LogP contribution in [0.2, 0.25) is 0 Å². The van der Waals surface area contributed by atoms with E-state index in [4.69, 9.17) is 0 Å². The van der Waals surface area contributed by atoms with Crippen LogP contribution in [0.4, 0.5) is 0 Å². The van der Waals surface area contributed by atoms with Crippen LogP contribution in [0.5, 0.6) is 11.5 Å². The van der Waals surface area contributed by atoms with Gasteiger partial charge in [0.2, 0.25) is 0 Å². The van der Waals surface area contributed by atoms with Gasteiger partial charge in [0.1, 0.15) is 11.5 Å². The summed E-state index contributed by atoms with van der Waals surface area (Å²) in [6.07, 6.45) is 2.98. The molecule has 0 fully saturated rings. The third-order valence-corrected chi connectivity index (χ3v) is 6.10. The summed E-state index contributed by atoms with van der Waals surface area (Å²) in [7, 11) is 2.04. The highest BCUT2D eigenvalue weighted by Gasteiger charge is 2.22. The van der Waals surface area contributed by atoms with Crippen molar-refractivity contribution in [2.75, 3.05) is 7.05 Å². The monoisotopic (exact) mass is 411 g/mol. The van der Waals surface area contributed by atoms with E-state index in [0.29, 0.717) is 23.5 Å². The summed E-state index contributed by atoms with van der Waals surface area (Å²) < 4.78 is 0. The molecule has 2 aromatic rings. The van der Waals surface area contributed by atoms with Gasteiger partial charge in [-0.3, -0.25) is 0 Å². The summed E-state index contributed by atoms with van der Waals surface area (Å²) in [5.74, 6) is 1.23. The van der Waals surface area contributed by atoms with Gasteiger partial charge in [-0.1, -0.05) is 72.7 Å². The largest absolute Gasteiger partial charge is 0.508 e. The van der Waals surface area contributed by atoms with Crippen LogP contribution in [0.3, 0.4) is 0 Å². The van der Waals surface area contributed by atoms with Gasteiger partial charge in [-0.15, -0.1) is 0 Å². The van der Waals surface area contributed by atoms with Gasteiger partial charge in [0.15, 0.2) is 0 Å². The van der Waals surface area contributed by atoms with Crippen LogP contribution in [0, 0.1) is 5.92 Å². The number of aromatic hydroxyl groups is 2. The molecule has 0 bridgehead atoms. The molecule has 2 atom stereocenters. The second kappa shape index (κ2) is 9.43. The number of hydrogen-bond acceptors (Lipinski definition) is 3. The van der Waals surface area contributed by atoms with Gasteiger partial charge in [0.25, 0.3) is 0 Å². The Morgan fingerprint density at radius 2 is 1.27 bits per heavy atom. The van der Waals surface area contributed by atoms with E-state index in [1.807, 2.05) is 31.3 Å². The van der Waals surface area contributed by atoms with E-state index < -0.39 is 0 Å². The number of hydrogen-bond donors (Lipinski definition) is 3. The second-order valence-electron chi connectivity index (χ2n) is 10.8. The van der Waals surface area contributed by atoms with Crippen molar-refractivity contribution in [1.82, 2.24) is 5.32 Å². The van der Waals surface area contributed by atoms with Crippen LogP contribution < -0.4 is 5.32 Å². The third kappa shape index (κ3) is 6.25. The lowest BCUT2D eigenvalue weighted by Gasteiger charge is -2.26. The first-order valence-electron chi connectivity index (χ1n) is 11.1. The maximum Gasteiger partial charge on any atom is 0.119 e. The average Bonchev–Trinajstić information content (AvgIpc) is 2.63. The maximum absolute atomic E-state index is 10.2. The van der Waals surface area contributed by atoms with E-state index in [-0.39, 0.29) is 10.8 Å². The molecule has 0 aliphatic rings. The first kappa shape index (κ1) is 24.3. The predicted octanol–water partition coefficient (Wildman–Crippen LogP) is 6.09.